The van der Waals surface area contributed by atoms with Gasteiger partial charge in [0.1, 0.15) is 0 Å². The topological polar surface area (TPSA) is 32.3 Å². The lowest BCUT2D eigenvalue weighted by Crippen LogP contribution is -2.24. The number of para-hydroxylation sites is 1. The van der Waals surface area contributed by atoms with Crippen molar-refractivity contribution in [1.82, 2.24) is 4.90 Å². The number of nitrogens with zero attached hydrogens (tertiary/aromatic N) is 1. The van der Waals surface area contributed by atoms with Gasteiger partial charge in [-0.3, -0.25) is 4.79 Å². The number of anilines is 1. The molecule has 0 aliphatic rings. The number of carbonyl (C=O) groups is 1. The largest absolute Gasteiger partial charge is 0.384 e. The molecule has 1 aromatic carbocycles. The van der Waals surface area contributed by atoms with E-state index in [4.69, 9.17) is 0 Å². The average molecular weight is 220 g/mol. The quantitative estimate of drug-likeness (QED) is 0.843. The van der Waals surface area contributed by atoms with E-state index in [0.29, 0.717) is 13.0 Å². The maximum absolute atomic E-state index is 11.4. The Bertz CT molecular complexity index is 352. The number of nitrogens with one attached hydrogen (secondary N) is 1. The standard InChI is InChI=1S/C13H20N2O/c1-10-6-5-7-11(2)13(10)14-9-8-12(16)15(3)4/h5-7,14H,8-9H2,1-4H3. The zero-order chi connectivity index (χ0) is 12.1. The van der Waals surface area contributed by atoms with Crippen LogP contribution in [-0.2, 0) is 4.79 Å². The fourth-order valence-corrected chi connectivity index (χ4v) is 1.61. The van der Waals surface area contributed by atoms with Crippen LogP contribution in [0.1, 0.15) is 17.5 Å². The van der Waals surface area contributed by atoms with Gasteiger partial charge in [0.05, 0.1) is 0 Å². The van der Waals surface area contributed by atoms with E-state index in [1.54, 1.807) is 19.0 Å². The Balaban J connectivity index is 2.52. The molecule has 16 heavy (non-hydrogen) atoms. The molecular weight excluding hydrogens is 200 g/mol. The Morgan fingerprint density at radius 2 is 1.81 bits per heavy atom. The molecule has 0 aromatic heterocycles. The summed E-state index contributed by atoms with van der Waals surface area (Å²) in [5.41, 5.74) is 3.59. The summed E-state index contributed by atoms with van der Waals surface area (Å²) in [5.74, 6) is 0.152. The number of carbonyl (C=O) groups excluding carboxylic acids is 1. The zero-order valence-electron chi connectivity index (χ0n) is 10.5. The van der Waals surface area contributed by atoms with Crippen molar-refractivity contribution in [3.8, 4) is 0 Å². The highest BCUT2D eigenvalue weighted by molar-refractivity contribution is 5.76. The summed E-state index contributed by atoms with van der Waals surface area (Å²) in [7, 11) is 3.56. The number of benzene rings is 1. The van der Waals surface area contributed by atoms with E-state index < -0.39 is 0 Å². The Kier molecular flexibility index (Phi) is 4.35. The highest BCUT2D eigenvalue weighted by Gasteiger charge is 2.05. The molecule has 0 saturated carbocycles. The van der Waals surface area contributed by atoms with E-state index in [2.05, 4.69) is 31.3 Å². The minimum atomic E-state index is 0.152. The maximum atomic E-state index is 11.4. The summed E-state index contributed by atoms with van der Waals surface area (Å²) in [5, 5.41) is 3.32. The zero-order valence-corrected chi connectivity index (χ0v) is 10.5. The van der Waals surface area contributed by atoms with Gasteiger partial charge in [-0.2, -0.15) is 0 Å². The Morgan fingerprint density at radius 3 is 2.31 bits per heavy atom. The van der Waals surface area contributed by atoms with Crippen molar-refractivity contribution < 1.29 is 4.79 Å². The first kappa shape index (κ1) is 12.6. The average Bonchev–Trinajstić information content (AvgIpc) is 2.22. The van der Waals surface area contributed by atoms with Crippen molar-refractivity contribution in [3.63, 3.8) is 0 Å². The van der Waals surface area contributed by atoms with Gasteiger partial charge in [-0.25, -0.2) is 0 Å². The summed E-state index contributed by atoms with van der Waals surface area (Å²) in [6.45, 7) is 4.83. The van der Waals surface area contributed by atoms with E-state index in [1.807, 2.05) is 6.07 Å². The first-order chi connectivity index (χ1) is 7.52. The second kappa shape index (κ2) is 5.54. The number of amides is 1. The number of hydrogen-bond donors (Lipinski definition) is 1. The molecule has 0 spiro atoms. The van der Waals surface area contributed by atoms with E-state index in [1.165, 1.54) is 11.1 Å². The smallest absolute Gasteiger partial charge is 0.223 e. The third-order valence-corrected chi connectivity index (χ3v) is 2.62. The molecule has 0 radical (unpaired) electrons. The lowest BCUT2D eigenvalue weighted by Gasteiger charge is -2.14. The summed E-state index contributed by atoms with van der Waals surface area (Å²) in [4.78, 5) is 13.0. The molecule has 3 heteroatoms. The molecular formula is C13H20N2O. The van der Waals surface area contributed by atoms with Crippen molar-refractivity contribution in [2.24, 2.45) is 0 Å². The van der Waals surface area contributed by atoms with Gasteiger partial charge in [-0.05, 0) is 25.0 Å². The van der Waals surface area contributed by atoms with Gasteiger partial charge < -0.3 is 10.2 Å². The first-order valence-corrected chi connectivity index (χ1v) is 5.52. The molecule has 0 aliphatic heterocycles. The van der Waals surface area contributed by atoms with Gasteiger partial charge in [0.15, 0.2) is 0 Å². The van der Waals surface area contributed by atoms with Gasteiger partial charge in [0.25, 0.3) is 0 Å². The van der Waals surface area contributed by atoms with Gasteiger partial charge in [0, 0.05) is 32.7 Å². The van der Waals surface area contributed by atoms with E-state index >= 15 is 0 Å². The normalized spacial score (nSPS) is 10.0. The second-order valence-corrected chi connectivity index (χ2v) is 4.23. The van der Waals surface area contributed by atoms with Crippen LogP contribution < -0.4 is 5.32 Å². The predicted octanol–water partition coefficient (Wildman–Crippen LogP) is 2.19. The highest BCUT2D eigenvalue weighted by atomic mass is 16.2. The van der Waals surface area contributed by atoms with Crippen LogP contribution in [0.3, 0.4) is 0 Å². The Hall–Kier alpha value is -1.51. The number of rotatable bonds is 4. The summed E-state index contributed by atoms with van der Waals surface area (Å²) in [6.07, 6.45) is 0.529. The molecule has 0 saturated heterocycles. The minimum Gasteiger partial charge on any atom is -0.384 e. The third-order valence-electron chi connectivity index (χ3n) is 2.62. The lowest BCUT2D eigenvalue weighted by atomic mass is 10.1. The molecule has 0 atom stereocenters. The van der Waals surface area contributed by atoms with Crippen molar-refractivity contribution in [2.45, 2.75) is 20.3 Å². The molecule has 0 unspecified atom stereocenters. The van der Waals surface area contributed by atoms with Crippen LogP contribution in [0.15, 0.2) is 18.2 Å². The van der Waals surface area contributed by atoms with Crippen LogP contribution in [0, 0.1) is 13.8 Å². The predicted molar refractivity (Wildman–Crippen MR) is 67.7 cm³/mol. The molecule has 0 heterocycles. The van der Waals surface area contributed by atoms with Crippen LogP contribution in [0.2, 0.25) is 0 Å². The maximum Gasteiger partial charge on any atom is 0.223 e. The van der Waals surface area contributed by atoms with E-state index in [-0.39, 0.29) is 5.91 Å². The van der Waals surface area contributed by atoms with Crippen LogP contribution in [0.25, 0.3) is 0 Å². The van der Waals surface area contributed by atoms with Gasteiger partial charge in [-0.15, -0.1) is 0 Å². The molecule has 1 aromatic rings. The molecule has 1 amide bonds. The number of aryl methyl sites for hydroxylation is 2. The van der Waals surface area contributed by atoms with Crippen LogP contribution in [0.5, 0.6) is 0 Å². The first-order valence-electron chi connectivity index (χ1n) is 5.52. The minimum absolute atomic E-state index is 0.152. The summed E-state index contributed by atoms with van der Waals surface area (Å²) < 4.78 is 0. The molecule has 3 nitrogen and oxygen atoms in total. The molecule has 0 aliphatic carbocycles. The fourth-order valence-electron chi connectivity index (χ4n) is 1.61. The monoisotopic (exact) mass is 220 g/mol. The van der Waals surface area contributed by atoms with Gasteiger partial charge >= 0.3 is 0 Å². The van der Waals surface area contributed by atoms with E-state index in [0.717, 1.165) is 5.69 Å². The molecule has 1 rings (SSSR count). The number of hydrogen-bond acceptors (Lipinski definition) is 2. The third kappa shape index (κ3) is 3.26. The van der Waals surface area contributed by atoms with Crippen molar-refractivity contribution in [3.05, 3.63) is 29.3 Å². The molecule has 0 fully saturated rings. The van der Waals surface area contributed by atoms with Crippen LogP contribution >= 0.6 is 0 Å². The van der Waals surface area contributed by atoms with Gasteiger partial charge in [0.2, 0.25) is 5.91 Å². The highest BCUT2D eigenvalue weighted by Crippen LogP contribution is 2.19. The lowest BCUT2D eigenvalue weighted by molar-refractivity contribution is -0.128. The Labute approximate surface area is 97.5 Å². The van der Waals surface area contributed by atoms with Crippen LogP contribution in [-0.4, -0.2) is 31.4 Å². The van der Waals surface area contributed by atoms with Crippen LogP contribution in [0.4, 0.5) is 5.69 Å². The van der Waals surface area contributed by atoms with Crippen molar-refractivity contribution >= 4 is 11.6 Å². The fraction of sp³-hybridized carbons (Fsp3) is 0.462. The summed E-state index contributed by atoms with van der Waals surface area (Å²) in [6, 6.07) is 6.19. The SMILES string of the molecule is Cc1cccc(C)c1NCCC(=O)N(C)C. The summed E-state index contributed by atoms with van der Waals surface area (Å²) >= 11 is 0. The van der Waals surface area contributed by atoms with Crippen molar-refractivity contribution in [2.75, 3.05) is 26.0 Å². The molecule has 0 bridgehead atoms. The molecule has 1 N–H and O–H groups in total. The molecule has 88 valence electrons. The van der Waals surface area contributed by atoms with Gasteiger partial charge in [-0.1, -0.05) is 18.2 Å². The van der Waals surface area contributed by atoms with E-state index in [9.17, 15) is 4.79 Å². The van der Waals surface area contributed by atoms with Crippen molar-refractivity contribution in [1.29, 1.82) is 0 Å². The second-order valence-electron chi connectivity index (χ2n) is 4.23. The Morgan fingerprint density at radius 1 is 1.25 bits per heavy atom.